The second-order valence-corrected chi connectivity index (χ2v) is 9.14. The van der Waals surface area contributed by atoms with Crippen molar-refractivity contribution in [3.05, 3.63) is 66.1 Å². The van der Waals surface area contributed by atoms with Crippen LogP contribution in [0.5, 0.6) is 0 Å². The van der Waals surface area contributed by atoms with Crippen LogP contribution >= 0.6 is 0 Å². The third-order valence-corrected chi connectivity index (χ3v) is 7.48. The van der Waals surface area contributed by atoms with E-state index in [4.69, 9.17) is 0 Å². The largest absolute Gasteiger partial charge is 0.306 e. The highest BCUT2D eigenvalue weighted by Crippen LogP contribution is 2.42. The molecule has 0 N–H and O–H groups in total. The molecule has 3 heteroatoms. The second kappa shape index (κ2) is 5.69. The summed E-state index contributed by atoms with van der Waals surface area (Å²) in [6.45, 7) is 2.24. The monoisotopic (exact) mass is 390 g/mol. The van der Waals surface area contributed by atoms with Crippen molar-refractivity contribution < 1.29 is 4.57 Å². The van der Waals surface area contributed by atoms with Crippen LogP contribution in [0.25, 0.3) is 49.0 Å². The van der Waals surface area contributed by atoms with Gasteiger partial charge in [0.05, 0.1) is 33.5 Å². The van der Waals surface area contributed by atoms with Crippen LogP contribution in [0.15, 0.2) is 55.0 Å². The van der Waals surface area contributed by atoms with E-state index in [1.54, 1.807) is 0 Å². The molecule has 30 heavy (non-hydrogen) atoms. The Morgan fingerprint density at radius 1 is 0.967 bits per heavy atom. The molecular formula is C27H24N3+. The minimum atomic E-state index is 0.692. The van der Waals surface area contributed by atoms with Crippen molar-refractivity contribution in [2.24, 2.45) is 7.05 Å². The first kappa shape index (κ1) is 16.6. The molecule has 4 heterocycles. The Hall–Kier alpha value is -3.20. The number of aryl methyl sites for hydroxylation is 2. The summed E-state index contributed by atoms with van der Waals surface area (Å²) in [5.41, 5.74) is 8.04. The lowest BCUT2D eigenvalue weighted by molar-refractivity contribution is -0.643. The van der Waals surface area contributed by atoms with Crippen LogP contribution in [0.4, 0.5) is 0 Å². The van der Waals surface area contributed by atoms with E-state index >= 15 is 0 Å². The topological polar surface area (TPSA) is 21.2 Å². The van der Waals surface area contributed by atoms with E-state index in [0.717, 1.165) is 0 Å². The van der Waals surface area contributed by atoms with Crippen LogP contribution in [-0.4, -0.2) is 9.38 Å². The smallest absolute Gasteiger partial charge is 0.224 e. The summed E-state index contributed by atoms with van der Waals surface area (Å²) < 4.78 is 4.80. The highest BCUT2D eigenvalue weighted by atomic mass is 15.0. The number of pyridine rings is 3. The molecule has 146 valence electrons. The van der Waals surface area contributed by atoms with Gasteiger partial charge < -0.3 is 4.40 Å². The van der Waals surface area contributed by atoms with Crippen LogP contribution in [-0.2, 0) is 7.05 Å². The molecular weight excluding hydrogens is 366 g/mol. The average molecular weight is 391 g/mol. The van der Waals surface area contributed by atoms with Crippen LogP contribution in [0, 0.1) is 6.92 Å². The van der Waals surface area contributed by atoms with Gasteiger partial charge in [-0.1, -0.05) is 31.0 Å². The Morgan fingerprint density at radius 3 is 2.70 bits per heavy atom. The summed E-state index contributed by atoms with van der Waals surface area (Å²) in [6.07, 6.45) is 11.5. The molecule has 0 radical (unpaired) electrons. The van der Waals surface area contributed by atoms with Gasteiger partial charge in [-0.3, -0.25) is 4.98 Å². The summed E-state index contributed by atoms with van der Waals surface area (Å²) in [6, 6.07) is 14.0. The number of rotatable bonds is 1. The molecule has 4 aromatic heterocycles. The lowest BCUT2D eigenvalue weighted by Gasteiger charge is -2.16. The fourth-order valence-electron chi connectivity index (χ4n) is 6.08. The fraction of sp³-hybridized carbons (Fsp3) is 0.259. The third-order valence-electron chi connectivity index (χ3n) is 7.48. The number of hydrogen-bond donors (Lipinski definition) is 0. The summed E-state index contributed by atoms with van der Waals surface area (Å²) >= 11 is 0. The molecule has 1 aliphatic rings. The maximum absolute atomic E-state index is 4.50. The van der Waals surface area contributed by atoms with Crippen molar-refractivity contribution in [1.82, 2.24) is 9.38 Å². The summed E-state index contributed by atoms with van der Waals surface area (Å²) in [5.74, 6) is 0.692. The molecule has 1 fully saturated rings. The van der Waals surface area contributed by atoms with Gasteiger partial charge in [0.15, 0.2) is 6.20 Å². The Kier molecular flexibility index (Phi) is 3.15. The highest BCUT2D eigenvalue weighted by molar-refractivity contribution is 6.25. The Labute approximate surface area is 174 Å². The first-order valence-electron chi connectivity index (χ1n) is 11.1. The van der Waals surface area contributed by atoms with Crippen molar-refractivity contribution in [3.8, 4) is 0 Å². The van der Waals surface area contributed by atoms with Crippen LogP contribution in [0.3, 0.4) is 0 Å². The highest BCUT2D eigenvalue weighted by Gasteiger charge is 2.25. The molecule has 6 aromatic rings. The second-order valence-electron chi connectivity index (χ2n) is 9.14. The average Bonchev–Trinajstić information content (AvgIpc) is 3.41. The van der Waals surface area contributed by atoms with Crippen LogP contribution in [0.1, 0.15) is 42.7 Å². The van der Waals surface area contributed by atoms with E-state index < -0.39 is 0 Å². The van der Waals surface area contributed by atoms with E-state index in [9.17, 15) is 0 Å². The van der Waals surface area contributed by atoms with Gasteiger partial charge in [0.1, 0.15) is 7.05 Å². The standard InChI is InChI=1S/C27H24N3/c1-16-7-8-21-20-9-11-28-15-23(20)30-22-14-19(17-5-3-4-6-17)13-18-10-12-29(2)27(25(18)22)24(16)26(21)30/h7-15,17H,3-6H2,1-2H3/q+1. The quantitative estimate of drug-likeness (QED) is 0.187. The third kappa shape index (κ3) is 1.95. The van der Waals surface area contributed by atoms with Crippen LogP contribution < -0.4 is 4.57 Å². The molecule has 0 saturated heterocycles. The van der Waals surface area contributed by atoms with Crippen LogP contribution in [0.2, 0.25) is 0 Å². The van der Waals surface area contributed by atoms with Gasteiger partial charge in [0.2, 0.25) is 5.52 Å². The molecule has 0 amide bonds. The van der Waals surface area contributed by atoms with E-state index in [2.05, 4.69) is 70.5 Å². The molecule has 0 unspecified atom stereocenters. The van der Waals surface area contributed by atoms with Gasteiger partial charge in [0.25, 0.3) is 0 Å². The predicted molar refractivity (Wildman–Crippen MR) is 124 cm³/mol. The molecule has 0 bridgehead atoms. The van der Waals surface area contributed by atoms with E-state index in [0.29, 0.717) is 5.92 Å². The minimum Gasteiger partial charge on any atom is -0.306 e. The Bertz CT molecular complexity index is 1620. The van der Waals surface area contributed by atoms with Gasteiger partial charge >= 0.3 is 0 Å². The van der Waals surface area contributed by atoms with E-state index in [-0.39, 0.29) is 0 Å². The molecule has 1 saturated carbocycles. The summed E-state index contributed by atoms with van der Waals surface area (Å²) in [4.78, 5) is 4.50. The zero-order valence-electron chi connectivity index (χ0n) is 17.4. The van der Waals surface area contributed by atoms with Crippen molar-refractivity contribution in [1.29, 1.82) is 0 Å². The van der Waals surface area contributed by atoms with Gasteiger partial charge in [-0.25, -0.2) is 4.57 Å². The lowest BCUT2D eigenvalue weighted by Crippen LogP contribution is -2.29. The molecule has 1 aliphatic carbocycles. The first-order valence-corrected chi connectivity index (χ1v) is 11.1. The van der Waals surface area contributed by atoms with Crippen molar-refractivity contribution >= 4 is 49.0 Å². The molecule has 0 aliphatic heterocycles. The number of hydrogen-bond acceptors (Lipinski definition) is 1. The van der Waals surface area contributed by atoms with Gasteiger partial charge in [-0.05, 0) is 54.3 Å². The van der Waals surface area contributed by atoms with Gasteiger partial charge in [-0.15, -0.1) is 0 Å². The van der Waals surface area contributed by atoms with Crippen molar-refractivity contribution in [3.63, 3.8) is 0 Å². The lowest BCUT2D eigenvalue weighted by atomic mass is 9.92. The molecule has 3 nitrogen and oxygen atoms in total. The zero-order valence-corrected chi connectivity index (χ0v) is 17.4. The Morgan fingerprint density at radius 2 is 1.83 bits per heavy atom. The Balaban J connectivity index is 1.83. The zero-order chi connectivity index (χ0) is 20.0. The first-order chi connectivity index (χ1) is 14.7. The molecule has 0 spiro atoms. The predicted octanol–water partition coefficient (Wildman–Crippen LogP) is 6.18. The number of benzene rings is 2. The van der Waals surface area contributed by atoms with Crippen molar-refractivity contribution in [2.75, 3.05) is 0 Å². The molecule has 7 rings (SSSR count). The summed E-state index contributed by atoms with van der Waals surface area (Å²) in [5, 5.41) is 6.69. The fourth-order valence-corrected chi connectivity index (χ4v) is 6.08. The number of aromatic nitrogens is 3. The van der Waals surface area contributed by atoms with E-state index in [1.165, 1.54) is 85.8 Å². The van der Waals surface area contributed by atoms with Gasteiger partial charge in [-0.2, -0.15) is 0 Å². The van der Waals surface area contributed by atoms with E-state index in [1.807, 2.05) is 12.4 Å². The van der Waals surface area contributed by atoms with Crippen molar-refractivity contribution in [2.45, 2.75) is 38.5 Å². The normalized spacial score (nSPS) is 15.7. The SMILES string of the molecule is Cc1ccc2c3ccncc3n3c4cc(C5CCCC5)cc5cc[n+](C)c(c1c23)c54. The molecule has 2 aromatic carbocycles. The minimum absolute atomic E-state index is 0.692. The summed E-state index contributed by atoms with van der Waals surface area (Å²) in [7, 11) is 2.18. The van der Waals surface area contributed by atoms with Gasteiger partial charge in [0, 0.05) is 23.0 Å². The maximum atomic E-state index is 4.50. The number of fused-ring (bicyclic) bond motifs is 5. The maximum Gasteiger partial charge on any atom is 0.224 e. The molecule has 0 atom stereocenters. The number of nitrogens with zero attached hydrogens (tertiary/aromatic N) is 3.